The lowest BCUT2D eigenvalue weighted by molar-refractivity contribution is -0.123. The van der Waals surface area contributed by atoms with E-state index in [1.54, 1.807) is 18.2 Å². The zero-order chi connectivity index (χ0) is 23.3. The molecule has 2 amide bonds. The molecule has 2 aromatic carbocycles. The molecule has 0 bridgehead atoms. The summed E-state index contributed by atoms with van der Waals surface area (Å²) in [5.41, 5.74) is 5.93. The monoisotopic (exact) mass is 456 g/mol. The number of ether oxygens (including phenoxy) is 1. The average molecular weight is 456 g/mol. The highest BCUT2D eigenvalue weighted by Gasteiger charge is 2.26. The molecule has 1 atom stereocenters. The van der Waals surface area contributed by atoms with Gasteiger partial charge in [0.1, 0.15) is 0 Å². The minimum Gasteiger partial charge on any atom is -0.457 e. The van der Waals surface area contributed by atoms with Crippen LogP contribution in [0, 0.1) is 0 Å². The fourth-order valence-corrected chi connectivity index (χ4v) is 4.15. The summed E-state index contributed by atoms with van der Waals surface area (Å²) >= 11 is 0. The molecule has 0 aliphatic carbocycles. The number of carbonyl (C=O) groups is 3. The molecular formula is C22H20N2O7S. The van der Waals surface area contributed by atoms with Crippen molar-refractivity contribution in [3.05, 3.63) is 83.8 Å². The second kappa shape index (κ2) is 9.48. The lowest BCUT2D eigenvalue weighted by Gasteiger charge is -2.13. The highest BCUT2D eigenvalue weighted by molar-refractivity contribution is 7.90. The van der Waals surface area contributed by atoms with Crippen LogP contribution in [-0.4, -0.2) is 32.3 Å². The maximum Gasteiger partial charge on any atom is 0.375 e. The summed E-state index contributed by atoms with van der Waals surface area (Å²) in [5.74, 6) is -2.97. The molecule has 0 radical (unpaired) electrons. The van der Waals surface area contributed by atoms with Crippen LogP contribution in [0.1, 0.15) is 33.4 Å². The smallest absolute Gasteiger partial charge is 0.375 e. The van der Waals surface area contributed by atoms with Crippen LogP contribution in [0.25, 0.3) is 0 Å². The lowest BCUT2D eigenvalue weighted by atomic mass is 10.2. The van der Waals surface area contributed by atoms with Crippen molar-refractivity contribution in [3.63, 3.8) is 0 Å². The highest BCUT2D eigenvalue weighted by Crippen LogP contribution is 2.21. The molecule has 3 N–H and O–H groups in total. The van der Waals surface area contributed by atoms with Crippen molar-refractivity contribution in [1.82, 2.24) is 0 Å². The van der Waals surface area contributed by atoms with E-state index in [-0.39, 0.29) is 21.8 Å². The fourth-order valence-electron chi connectivity index (χ4n) is 2.77. The van der Waals surface area contributed by atoms with E-state index in [0.717, 1.165) is 0 Å². The first kappa shape index (κ1) is 22.8. The molecule has 1 heterocycles. The number of sulfone groups is 1. The molecule has 0 saturated heterocycles. The van der Waals surface area contributed by atoms with Gasteiger partial charge >= 0.3 is 5.97 Å². The molecule has 3 rings (SSSR count). The summed E-state index contributed by atoms with van der Waals surface area (Å²) in [5, 5.41) is 2.54. The van der Waals surface area contributed by atoms with E-state index in [9.17, 15) is 22.8 Å². The summed E-state index contributed by atoms with van der Waals surface area (Å²) in [7, 11) is -3.71. The van der Waals surface area contributed by atoms with Gasteiger partial charge in [0.15, 0.2) is 15.9 Å². The molecule has 0 aliphatic rings. The molecule has 0 aliphatic heterocycles. The summed E-state index contributed by atoms with van der Waals surface area (Å²) < 4.78 is 35.4. The minimum atomic E-state index is -3.71. The van der Waals surface area contributed by atoms with Crippen LogP contribution in [0.4, 0.5) is 5.69 Å². The predicted molar refractivity (Wildman–Crippen MR) is 115 cm³/mol. The topological polar surface area (TPSA) is 146 Å². The first-order valence-corrected chi connectivity index (χ1v) is 11.1. The van der Waals surface area contributed by atoms with E-state index in [0.29, 0.717) is 5.69 Å². The van der Waals surface area contributed by atoms with Gasteiger partial charge in [-0.05, 0) is 49.4 Å². The number of rotatable bonds is 8. The van der Waals surface area contributed by atoms with Gasteiger partial charge in [-0.3, -0.25) is 9.59 Å². The molecule has 1 aromatic heterocycles. The average Bonchev–Trinajstić information content (AvgIpc) is 3.22. The number of anilines is 1. The van der Waals surface area contributed by atoms with Crippen molar-refractivity contribution in [3.8, 4) is 0 Å². The van der Waals surface area contributed by atoms with Gasteiger partial charge in [-0.15, -0.1) is 0 Å². The number of benzene rings is 2. The second-order valence-corrected chi connectivity index (χ2v) is 8.82. The molecule has 32 heavy (non-hydrogen) atoms. The number of furan rings is 1. The van der Waals surface area contributed by atoms with E-state index < -0.39 is 39.5 Å². The second-order valence-electron chi connectivity index (χ2n) is 6.83. The van der Waals surface area contributed by atoms with Crippen LogP contribution in [0.5, 0.6) is 0 Å². The van der Waals surface area contributed by atoms with Crippen molar-refractivity contribution in [2.24, 2.45) is 5.73 Å². The van der Waals surface area contributed by atoms with E-state index in [1.807, 2.05) is 0 Å². The zero-order valence-electron chi connectivity index (χ0n) is 17.0. The zero-order valence-corrected chi connectivity index (χ0v) is 17.8. The number of esters is 1. The number of carbonyl (C=O) groups excluding carboxylic acids is 3. The van der Waals surface area contributed by atoms with Gasteiger partial charge in [0.2, 0.25) is 11.7 Å². The summed E-state index contributed by atoms with van der Waals surface area (Å²) in [6.45, 7) is 1.36. The standard InChI is InChI=1S/C22H20N2O7S/c1-14(21(26)24-17-9-7-15(8-10-17)20(23)25)31-22(27)19-16(11-12-30-19)13-32(28,29)18-5-3-2-4-6-18/h2-12,14H,13H2,1H3,(H2,23,25)(H,24,26). The van der Waals surface area contributed by atoms with Gasteiger partial charge < -0.3 is 20.2 Å². The van der Waals surface area contributed by atoms with Crippen LogP contribution in [0.15, 0.2) is 76.2 Å². The Hall–Kier alpha value is -3.92. The van der Waals surface area contributed by atoms with Gasteiger partial charge in [0.05, 0.1) is 16.9 Å². The van der Waals surface area contributed by atoms with Crippen molar-refractivity contribution in [1.29, 1.82) is 0 Å². The summed E-state index contributed by atoms with van der Waals surface area (Å²) in [4.78, 5) is 36.0. The van der Waals surface area contributed by atoms with Gasteiger partial charge in [0.25, 0.3) is 5.91 Å². The highest BCUT2D eigenvalue weighted by atomic mass is 32.2. The third-order valence-corrected chi connectivity index (χ3v) is 6.15. The molecule has 0 saturated carbocycles. The first-order valence-electron chi connectivity index (χ1n) is 9.43. The summed E-state index contributed by atoms with van der Waals surface area (Å²) in [6.07, 6.45) is -0.0284. The van der Waals surface area contributed by atoms with E-state index in [4.69, 9.17) is 14.9 Å². The lowest BCUT2D eigenvalue weighted by Crippen LogP contribution is -2.30. The van der Waals surface area contributed by atoms with Crippen LogP contribution in [-0.2, 0) is 25.1 Å². The predicted octanol–water partition coefficient (Wildman–Crippen LogP) is 2.54. The number of primary amides is 1. The van der Waals surface area contributed by atoms with Crippen molar-refractivity contribution >= 4 is 33.3 Å². The molecule has 3 aromatic rings. The maximum absolute atomic E-state index is 12.6. The Labute approximate surface area is 184 Å². The number of hydrogen-bond donors (Lipinski definition) is 2. The van der Waals surface area contributed by atoms with Crippen molar-refractivity contribution < 1.29 is 32.0 Å². The van der Waals surface area contributed by atoms with Gasteiger partial charge in [-0.2, -0.15) is 0 Å². The van der Waals surface area contributed by atoms with Gasteiger partial charge in [-0.1, -0.05) is 18.2 Å². The SMILES string of the molecule is CC(OC(=O)c1occc1CS(=O)(=O)c1ccccc1)C(=O)Nc1ccc(C(N)=O)cc1. The van der Waals surface area contributed by atoms with Crippen LogP contribution >= 0.6 is 0 Å². The number of nitrogens with one attached hydrogen (secondary N) is 1. The third-order valence-electron chi connectivity index (χ3n) is 4.47. The van der Waals surface area contributed by atoms with Crippen molar-refractivity contribution in [2.75, 3.05) is 5.32 Å². The Morgan fingerprint density at radius 3 is 2.31 bits per heavy atom. The van der Waals surface area contributed by atoms with Crippen LogP contribution in [0.2, 0.25) is 0 Å². The van der Waals surface area contributed by atoms with Crippen LogP contribution < -0.4 is 11.1 Å². The number of amides is 2. The fraction of sp³-hybridized carbons (Fsp3) is 0.136. The van der Waals surface area contributed by atoms with E-state index >= 15 is 0 Å². The van der Waals surface area contributed by atoms with Gasteiger partial charge in [0, 0.05) is 16.8 Å². The Balaban J connectivity index is 1.65. The minimum absolute atomic E-state index is 0.107. The molecule has 1 unspecified atom stereocenters. The number of nitrogens with two attached hydrogens (primary N) is 1. The summed E-state index contributed by atoms with van der Waals surface area (Å²) in [6, 6.07) is 15.0. The Bertz CT molecular complexity index is 1230. The Kier molecular flexibility index (Phi) is 6.74. The maximum atomic E-state index is 12.6. The molecule has 9 nitrogen and oxygen atoms in total. The van der Waals surface area contributed by atoms with Crippen LogP contribution in [0.3, 0.4) is 0 Å². The normalized spacial score (nSPS) is 12.0. The molecule has 0 fully saturated rings. The third kappa shape index (κ3) is 5.41. The van der Waals surface area contributed by atoms with E-state index in [1.165, 1.54) is 55.7 Å². The molecular weight excluding hydrogens is 436 g/mol. The molecule has 166 valence electrons. The molecule has 0 spiro atoms. The number of hydrogen-bond acceptors (Lipinski definition) is 7. The largest absolute Gasteiger partial charge is 0.457 e. The Morgan fingerprint density at radius 1 is 1.03 bits per heavy atom. The Morgan fingerprint density at radius 2 is 1.69 bits per heavy atom. The quantitative estimate of drug-likeness (QED) is 0.495. The van der Waals surface area contributed by atoms with Crippen molar-refractivity contribution in [2.45, 2.75) is 23.7 Å². The van der Waals surface area contributed by atoms with E-state index in [2.05, 4.69) is 5.32 Å². The first-order chi connectivity index (χ1) is 15.2. The molecule has 10 heteroatoms. The van der Waals surface area contributed by atoms with Gasteiger partial charge in [-0.25, -0.2) is 13.2 Å².